The molecule has 0 aliphatic carbocycles. The van der Waals surface area contributed by atoms with E-state index in [4.69, 9.17) is 10.00 Å². The van der Waals surface area contributed by atoms with Crippen molar-refractivity contribution in [2.24, 2.45) is 0 Å². The van der Waals surface area contributed by atoms with Gasteiger partial charge >= 0.3 is 0 Å². The standard InChI is InChI=1S/C18H14N2O3/c1-23-14-5-6-16-15(10-14)17(21)7-8-20(16)18(22)13-4-2-3-12(9-13)11-19/h2-6,9-10H,7-8H2,1H3. The fraction of sp³-hybridized carbons (Fsp3) is 0.167. The van der Waals surface area contributed by atoms with Crippen LogP contribution in [-0.2, 0) is 0 Å². The van der Waals surface area contributed by atoms with Crippen LogP contribution in [0.25, 0.3) is 0 Å². The summed E-state index contributed by atoms with van der Waals surface area (Å²) in [6.07, 6.45) is 0.268. The molecule has 0 N–H and O–H groups in total. The summed E-state index contributed by atoms with van der Waals surface area (Å²) in [6, 6.07) is 13.7. The number of methoxy groups -OCH3 is 1. The molecule has 1 aliphatic rings. The highest BCUT2D eigenvalue weighted by Crippen LogP contribution is 2.31. The average molecular weight is 306 g/mol. The fourth-order valence-corrected chi connectivity index (χ4v) is 2.66. The van der Waals surface area contributed by atoms with Crippen LogP contribution in [0.2, 0.25) is 0 Å². The predicted octanol–water partition coefficient (Wildman–Crippen LogP) is 2.80. The molecule has 0 saturated carbocycles. The van der Waals surface area contributed by atoms with Crippen molar-refractivity contribution in [3.63, 3.8) is 0 Å². The van der Waals surface area contributed by atoms with Gasteiger partial charge in [0.15, 0.2) is 5.78 Å². The van der Waals surface area contributed by atoms with E-state index in [2.05, 4.69) is 0 Å². The number of hydrogen-bond donors (Lipinski definition) is 0. The molecule has 0 aromatic heterocycles. The van der Waals surface area contributed by atoms with Gasteiger partial charge in [-0.1, -0.05) is 6.07 Å². The molecule has 0 saturated heterocycles. The molecular weight excluding hydrogens is 292 g/mol. The first kappa shape index (κ1) is 14.8. The van der Waals surface area contributed by atoms with Gasteiger partial charge in [-0.15, -0.1) is 0 Å². The van der Waals surface area contributed by atoms with Crippen LogP contribution < -0.4 is 9.64 Å². The zero-order chi connectivity index (χ0) is 16.4. The molecule has 3 rings (SSSR count). The molecule has 2 aromatic carbocycles. The van der Waals surface area contributed by atoms with Crippen LogP contribution in [0, 0.1) is 11.3 Å². The number of nitriles is 1. The number of carbonyl (C=O) groups excluding carboxylic acids is 2. The third-order valence-corrected chi connectivity index (χ3v) is 3.84. The average Bonchev–Trinajstić information content (AvgIpc) is 2.61. The molecule has 2 aromatic rings. The molecular formula is C18H14N2O3. The number of nitrogens with zero attached hydrogens (tertiary/aromatic N) is 2. The van der Waals surface area contributed by atoms with E-state index in [-0.39, 0.29) is 18.1 Å². The van der Waals surface area contributed by atoms with Crippen molar-refractivity contribution in [2.45, 2.75) is 6.42 Å². The molecule has 23 heavy (non-hydrogen) atoms. The van der Waals surface area contributed by atoms with E-state index in [0.717, 1.165) is 0 Å². The van der Waals surface area contributed by atoms with Crippen LogP contribution in [0.15, 0.2) is 42.5 Å². The van der Waals surface area contributed by atoms with E-state index >= 15 is 0 Å². The maximum atomic E-state index is 12.8. The Kier molecular flexibility index (Phi) is 3.82. The number of fused-ring (bicyclic) bond motifs is 1. The Balaban J connectivity index is 2.02. The van der Waals surface area contributed by atoms with Gasteiger partial charge in [0.1, 0.15) is 5.75 Å². The van der Waals surface area contributed by atoms with Crippen molar-refractivity contribution in [1.29, 1.82) is 5.26 Å². The molecule has 0 bridgehead atoms. The molecule has 0 fully saturated rings. The summed E-state index contributed by atoms with van der Waals surface area (Å²) in [7, 11) is 1.53. The second kappa shape index (κ2) is 5.93. The summed E-state index contributed by atoms with van der Waals surface area (Å²) < 4.78 is 5.15. The summed E-state index contributed by atoms with van der Waals surface area (Å²) in [5, 5.41) is 8.97. The molecule has 5 nitrogen and oxygen atoms in total. The van der Waals surface area contributed by atoms with Crippen molar-refractivity contribution in [3.8, 4) is 11.8 Å². The normalized spacial score (nSPS) is 13.2. The van der Waals surface area contributed by atoms with E-state index in [1.165, 1.54) is 7.11 Å². The predicted molar refractivity (Wildman–Crippen MR) is 84.8 cm³/mol. The van der Waals surface area contributed by atoms with Crippen LogP contribution in [0.1, 0.15) is 32.7 Å². The van der Waals surface area contributed by atoms with Crippen LogP contribution in [0.4, 0.5) is 5.69 Å². The molecule has 114 valence electrons. The largest absolute Gasteiger partial charge is 0.497 e. The Morgan fingerprint density at radius 2 is 2.09 bits per heavy atom. The number of ketones is 1. The SMILES string of the molecule is COc1ccc2c(c1)C(=O)CCN2C(=O)c1cccc(C#N)c1. The Bertz CT molecular complexity index is 836. The summed E-state index contributed by atoms with van der Waals surface area (Å²) in [4.78, 5) is 26.5. The molecule has 1 aliphatic heterocycles. The second-order valence-electron chi connectivity index (χ2n) is 5.21. The van der Waals surface area contributed by atoms with Gasteiger partial charge in [0.05, 0.1) is 24.4 Å². The number of carbonyl (C=O) groups is 2. The number of ether oxygens (including phenoxy) is 1. The van der Waals surface area contributed by atoms with Crippen molar-refractivity contribution in [2.75, 3.05) is 18.6 Å². The van der Waals surface area contributed by atoms with Crippen molar-refractivity contribution in [1.82, 2.24) is 0 Å². The minimum absolute atomic E-state index is 0.00581. The van der Waals surface area contributed by atoms with Crippen LogP contribution in [0.3, 0.4) is 0 Å². The third kappa shape index (κ3) is 2.67. The molecule has 0 radical (unpaired) electrons. The van der Waals surface area contributed by atoms with E-state index in [1.54, 1.807) is 47.4 Å². The second-order valence-corrected chi connectivity index (χ2v) is 5.21. The molecule has 0 spiro atoms. The lowest BCUT2D eigenvalue weighted by Crippen LogP contribution is -2.37. The highest BCUT2D eigenvalue weighted by atomic mass is 16.5. The smallest absolute Gasteiger partial charge is 0.258 e. The van der Waals surface area contributed by atoms with Gasteiger partial charge < -0.3 is 9.64 Å². The topological polar surface area (TPSA) is 70.4 Å². The zero-order valence-electron chi connectivity index (χ0n) is 12.6. The van der Waals surface area contributed by atoms with Gasteiger partial charge in [-0.05, 0) is 36.4 Å². The zero-order valence-corrected chi connectivity index (χ0v) is 12.6. The highest BCUT2D eigenvalue weighted by Gasteiger charge is 2.28. The number of Topliss-reactive ketones (excluding diaryl/α,β-unsaturated/α-hetero) is 1. The van der Waals surface area contributed by atoms with Gasteiger partial charge in [-0.25, -0.2) is 0 Å². The summed E-state index contributed by atoms with van der Waals surface area (Å²) in [5.74, 6) is 0.354. The molecule has 5 heteroatoms. The Hall–Kier alpha value is -3.13. The monoisotopic (exact) mass is 306 g/mol. The van der Waals surface area contributed by atoms with Gasteiger partial charge in [0, 0.05) is 24.1 Å². The number of benzene rings is 2. The third-order valence-electron chi connectivity index (χ3n) is 3.84. The van der Waals surface area contributed by atoms with Crippen molar-refractivity contribution in [3.05, 3.63) is 59.2 Å². The number of rotatable bonds is 2. The summed E-state index contributed by atoms with van der Waals surface area (Å²) >= 11 is 0. The Labute approximate surface area is 133 Å². The summed E-state index contributed by atoms with van der Waals surface area (Å²) in [5.41, 5.74) is 1.92. The molecule has 1 amide bonds. The van der Waals surface area contributed by atoms with Crippen LogP contribution >= 0.6 is 0 Å². The van der Waals surface area contributed by atoms with E-state index in [9.17, 15) is 9.59 Å². The lowest BCUT2D eigenvalue weighted by molar-refractivity contribution is 0.0954. The summed E-state index contributed by atoms with van der Waals surface area (Å²) in [6.45, 7) is 0.327. The number of anilines is 1. The van der Waals surface area contributed by atoms with E-state index < -0.39 is 0 Å². The quantitative estimate of drug-likeness (QED) is 0.855. The van der Waals surface area contributed by atoms with E-state index in [1.807, 2.05) is 6.07 Å². The first-order valence-corrected chi connectivity index (χ1v) is 7.17. The first-order valence-electron chi connectivity index (χ1n) is 7.17. The van der Waals surface area contributed by atoms with Crippen LogP contribution in [-0.4, -0.2) is 25.3 Å². The minimum atomic E-state index is -0.221. The number of hydrogen-bond acceptors (Lipinski definition) is 4. The maximum absolute atomic E-state index is 12.8. The Morgan fingerprint density at radius 3 is 2.83 bits per heavy atom. The molecule has 0 unspecified atom stereocenters. The number of amides is 1. The van der Waals surface area contributed by atoms with Gasteiger partial charge in [-0.2, -0.15) is 5.26 Å². The van der Waals surface area contributed by atoms with Gasteiger partial charge in [0.25, 0.3) is 5.91 Å². The minimum Gasteiger partial charge on any atom is -0.497 e. The maximum Gasteiger partial charge on any atom is 0.258 e. The Morgan fingerprint density at radius 1 is 1.26 bits per heavy atom. The molecule has 1 heterocycles. The lowest BCUT2D eigenvalue weighted by Gasteiger charge is -2.29. The lowest BCUT2D eigenvalue weighted by atomic mass is 9.99. The van der Waals surface area contributed by atoms with Crippen molar-refractivity contribution >= 4 is 17.4 Å². The van der Waals surface area contributed by atoms with Gasteiger partial charge in [-0.3, -0.25) is 9.59 Å². The molecule has 0 atom stereocenters. The van der Waals surface area contributed by atoms with Crippen molar-refractivity contribution < 1.29 is 14.3 Å². The van der Waals surface area contributed by atoms with Gasteiger partial charge in [0.2, 0.25) is 0 Å². The first-order chi connectivity index (χ1) is 11.1. The fourth-order valence-electron chi connectivity index (χ4n) is 2.66. The highest BCUT2D eigenvalue weighted by molar-refractivity contribution is 6.13. The van der Waals surface area contributed by atoms with E-state index in [0.29, 0.717) is 34.7 Å². The van der Waals surface area contributed by atoms with Crippen LogP contribution in [0.5, 0.6) is 5.75 Å².